The Morgan fingerprint density at radius 2 is 2.00 bits per heavy atom. The van der Waals surface area contributed by atoms with E-state index in [1.807, 2.05) is 5.38 Å². The first-order valence-electron chi connectivity index (χ1n) is 9.86. The number of aliphatic imine (C=N–C) groups is 1. The molecule has 0 fully saturated rings. The molecule has 1 aromatic heterocycles. The van der Waals surface area contributed by atoms with E-state index >= 15 is 0 Å². The number of hydrogen-bond acceptors (Lipinski definition) is 8. The third-order valence-electron chi connectivity index (χ3n) is 4.00. The molecule has 0 saturated heterocycles. The molecule has 2 N–H and O–H groups in total. The van der Waals surface area contributed by atoms with Gasteiger partial charge in [-0.15, -0.1) is 23.1 Å². The number of ether oxygens (including phenoxy) is 1. The van der Waals surface area contributed by atoms with Gasteiger partial charge in [-0.3, -0.25) is 19.4 Å². The number of nitrogens with zero attached hydrogens (tertiary/aromatic N) is 2. The fraction of sp³-hybridized carbons (Fsp3) is 0.550. The van der Waals surface area contributed by atoms with Crippen LogP contribution in [-0.2, 0) is 25.7 Å². The van der Waals surface area contributed by atoms with Crippen molar-refractivity contribution < 1.29 is 19.1 Å². The van der Waals surface area contributed by atoms with Crippen molar-refractivity contribution >= 4 is 45.9 Å². The summed E-state index contributed by atoms with van der Waals surface area (Å²) in [6.07, 6.45) is 3.90. The van der Waals surface area contributed by atoms with Gasteiger partial charge in [-0.25, -0.2) is 4.98 Å². The summed E-state index contributed by atoms with van der Waals surface area (Å²) in [6, 6.07) is 0. The van der Waals surface area contributed by atoms with Gasteiger partial charge in [0.2, 0.25) is 11.8 Å². The van der Waals surface area contributed by atoms with Gasteiger partial charge in [0.1, 0.15) is 33.9 Å². The van der Waals surface area contributed by atoms with Crippen LogP contribution < -0.4 is 10.6 Å². The number of carbonyl (C=O) groups excluding carboxylic acids is 3. The summed E-state index contributed by atoms with van der Waals surface area (Å²) in [4.78, 5) is 45.7. The van der Waals surface area contributed by atoms with Crippen LogP contribution in [0.3, 0.4) is 0 Å². The normalized spacial score (nSPS) is 25.0. The number of thiazole rings is 1. The van der Waals surface area contributed by atoms with E-state index in [2.05, 4.69) is 34.5 Å². The lowest BCUT2D eigenvalue weighted by atomic mass is 10.1. The molecule has 30 heavy (non-hydrogen) atoms. The van der Waals surface area contributed by atoms with Gasteiger partial charge >= 0.3 is 5.97 Å². The van der Waals surface area contributed by atoms with E-state index in [9.17, 15) is 14.4 Å². The monoisotopic (exact) mass is 452 g/mol. The summed E-state index contributed by atoms with van der Waals surface area (Å²) < 4.78 is 5.30. The second kappa shape index (κ2) is 11.3. The van der Waals surface area contributed by atoms with E-state index in [1.165, 1.54) is 29.5 Å². The highest BCUT2D eigenvalue weighted by Crippen LogP contribution is 2.31. The van der Waals surface area contributed by atoms with Crippen molar-refractivity contribution in [3.05, 3.63) is 28.2 Å². The first-order valence-corrected chi connectivity index (χ1v) is 11.7. The average Bonchev–Trinajstić information content (AvgIpc) is 3.32. The number of cyclic esters (lactones) is 1. The first-order chi connectivity index (χ1) is 14.3. The lowest BCUT2D eigenvalue weighted by molar-refractivity contribution is -0.148. The first kappa shape index (κ1) is 24.1. The minimum atomic E-state index is -0.960. The van der Waals surface area contributed by atoms with Crippen molar-refractivity contribution in [2.45, 2.75) is 58.7 Å². The van der Waals surface area contributed by atoms with Crippen LogP contribution in [0.25, 0.3) is 0 Å². The number of rotatable bonds is 1. The molecule has 2 aliphatic rings. The fourth-order valence-corrected chi connectivity index (χ4v) is 4.51. The second-order valence-electron chi connectivity index (χ2n) is 7.03. The van der Waals surface area contributed by atoms with E-state index in [0.717, 1.165) is 5.01 Å². The molecule has 3 rings (SSSR count). The Kier molecular flexibility index (Phi) is 9.04. The number of esters is 1. The second-order valence-corrected chi connectivity index (χ2v) is 8.94. The topological polar surface area (TPSA) is 110 Å². The van der Waals surface area contributed by atoms with Crippen LogP contribution in [0.1, 0.15) is 51.2 Å². The zero-order chi connectivity index (χ0) is 22.1. The van der Waals surface area contributed by atoms with Crippen LogP contribution in [0.5, 0.6) is 0 Å². The van der Waals surface area contributed by atoms with E-state index in [-0.39, 0.29) is 31.3 Å². The van der Waals surface area contributed by atoms with Crippen molar-refractivity contribution in [3.8, 4) is 0 Å². The number of aromatic nitrogens is 1. The van der Waals surface area contributed by atoms with Crippen molar-refractivity contribution in [2.24, 2.45) is 4.99 Å². The van der Waals surface area contributed by atoms with E-state index in [0.29, 0.717) is 16.5 Å². The number of amides is 2. The zero-order valence-corrected chi connectivity index (χ0v) is 19.3. The van der Waals surface area contributed by atoms with E-state index < -0.39 is 17.6 Å². The SMILES string of the molecule is C/C=C/C1CC(=O)NCc2nc(cs2)C2=NC(C)(CS2)C(=O)NCC(=O)O1.CCC. The average molecular weight is 453 g/mol. The summed E-state index contributed by atoms with van der Waals surface area (Å²) in [7, 11) is 0. The predicted octanol–water partition coefficient (Wildman–Crippen LogP) is 2.44. The molecule has 3 heterocycles. The maximum atomic E-state index is 12.5. The number of carbonyl (C=O) groups is 3. The Bertz CT molecular complexity index is 837. The van der Waals surface area contributed by atoms with Gasteiger partial charge in [-0.05, 0) is 19.9 Å². The Balaban J connectivity index is 0.00000101. The van der Waals surface area contributed by atoms with Crippen molar-refractivity contribution in [1.29, 1.82) is 0 Å². The maximum Gasteiger partial charge on any atom is 0.326 e. The summed E-state index contributed by atoms with van der Waals surface area (Å²) in [5.41, 5.74) is -0.262. The van der Waals surface area contributed by atoms with Gasteiger partial charge in [-0.1, -0.05) is 26.3 Å². The largest absolute Gasteiger partial charge is 0.456 e. The summed E-state index contributed by atoms with van der Waals surface area (Å²) in [5.74, 6) is -0.732. The fourth-order valence-electron chi connectivity index (χ4n) is 2.58. The Morgan fingerprint density at radius 1 is 1.27 bits per heavy atom. The molecule has 4 bridgehead atoms. The third-order valence-corrected chi connectivity index (χ3v) is 6.13. The van der Waals surface area contributed by atoms with Crippen molar-refractivity contribution in [3.63, 3.8) is 0 Å². The van der Waals surface area contributed by atoms with Crippen LogP contribution in [0, 0.1) is 0 Å². The standard InChI is InChI=1S/C17H20N4O4S2.C3H8/c1-3-4-10-5-12(22)18-6-13-20-11(8-26-13)15-21-17(2,9-27-15)16(24)19-7-14(23)25-10;1-3-2/h3-4,8,10H,5-7,9H2,1-2H3,(H,18,22)(H,19,24);3H2,1-2H3/b4-3+;. The van der Waals surface area contributed by atoms with Crippen molar-refractivity contribution in [2.75, 3.05) is 12.3 Å². The lowest BCUT2D eigenvalue weighted by Crippen LogP contribution is -2.46. The molecule has 0 aliphatic carbocycles. The molecule has 8 nitrogen and oxygen atoms in total. The molecule has 2 amide bonds. The van der Waals surface area contributed by atoms with Crippen LogP contribution >= 0.6 is 23.1 Å². The predicted molar refractivity (Wildman–Crippen MR) is 120 cm³/mol. The zero-order valence-electron chi connectivity index (χ0n) is 17.7. The van der Waals surface area contributed by atoms with Crippen LogP contribution in [-0.4, -0.2) is 51.8 Å². The summed E-state index contributed by atoms with van der Waals surface area (Å²) >= 11 is 2.87. The highest BCUT2D eigenvalue weighted by molar-refractivity contribution is 8.14. The summed E-state index contributed by atoms with van der Waals surface area (Å²) in [6.45, 7) is 7.76. The van der Waals surface area contributed by atoms with Gasteiger partial charge in [0, 0.05) is 11.1 Å². The number of hydrogen-bond donors (Lipinski definition) is 2. The molecular formula is C20H28N4O4S2. The molecule has 1 aromatic rings. The van der Waals surface area contributed by atoms with Crippen LogP contribution in [0.15, 0.2) is 22.5 Å². The lowest BCUT2D eigenvalue weighted by Gasteiger charge is -2.19. The van der Waals surface area contributed by atoms with Crippen molar-refractivity contribution in [1.82, 2.24) is 15.6 Å². The highest BCUT2D eigenvalue weighted by atomic mass is 32.2. The van der Waals surface area contributed by atoms with Gasteiger partial charge in [-0.2, -0.15) is 0 Å². The minimum absolute atomic E-state index is 0.00251. The van der Waals surface area contributed by atoms with Gasteiger partial charge in [0.25, 0.3) is 0 Å². The molecule has 2 unspecified atom stereocenters. The molecule has 0 radical (unpaired) electrons. The van der Waals surface area contributed by atoms with Crippen LogP contribution in [0.2, 0.25) is 0 Å². The molecular weight excluding hydrogens is 424 g/mol. The number of thioether (sulfide) groups is 1. The quantitative estimate of drug-likeness (QED) is 0.500. The smallest absolute Gasteiger partial charge is 0.326 e. The van der Waals surface area contributed by atoms with E-state index in [4.69, 9.17) is 4.74 Å². The molecule has 2 atom stereocenters. The minimum Gasteiger partial charge on any atom is -0.456 e. The molecule has 0 spiro atoms. The summed E-state index contributed by atoms with van der Waals surface area (Å²) in [5, 5.41) is 8.66. The van der Waals surface area contributed by atoms with Crippen LogP contribution in [0.4, 0.5) is 0 Å². The van der Waals surface area contributed by atoms with Gasteiger partial charge < -0.3 is 15.4 Å². The number of nitrogens with one attached hydrogen (secondary N) is 2. The molecule has 0 aromatic carbocycles. The Morgan fingerprint density at radius 3 is 2.70 bits per heavy atom. The Hall–Kier alpha value is -2.20. The van der Waals surface area contributed by atoms with E-state index in [1.54, 1.807) is 26.0 Å². The maximum absolute atomic E-state index is 12.5. The molecule has 0 saturated carbocycles. The number of allylic oxidation sites excluding steroid dienone is 1. The molecule has 2 aliphatic heterocycles. The Labute approximate surface area is 185 Å². The van der Waals surface area contributed by atoms with Gasteiger partial charge in [0.15, 0.2) is 0 Å². The molecule has 10 heteroatoms. The highest BCUT2D eigenvalue weighted by Gasteiger charge is 2.39. The van der Waals surface area contributed by atoms with Gasteiger partial charge in [0.05, 0.1) is 13.0 Å². The number of fused-ring (bicyclic) bond motifs is 4. The molecule has 164 valence electrons. The third kappa shape index (κ3) is 6.66.